The molecule has 0 aliphatic rings. The van der Waals surface area contributed by atoms with Crippen molar-refractivity contribution in [1.82, 2.24) is 0 Å². The predicted molar refractivity (Wildman–Crippen MR) is 129 cm³/mol. The van der Waals surface area contributed by atoms with Crippen LogP contribution in [0, 0.1) is 25.2 Å². The molecule has 0 spiro atoms. The fourth-order valence-electron chi connectivity index (χ4n) is 2.88. The number of carbonyl (C=O) groups excluding carboxylic acids is 1. The molecular weight excluding hydrogens is 483 g/mol. The topological polar surface area (TPSA) is 96.3 Å². The minimum absolute atomic E-state index is 0.0593. The van der Waals surface area contributed by atoms with Crippen LogP contribution in [0.5, 0.6) is 5.75 Å². The Morgan fingerprint density at radius 2 is 1.67 bits per heavy atom. The lowest BCUT2D eigenvalue weighted by atomic mass is 10.1. The average molecular weight is 501 g/mol. The van der Waals surface area contributed by atoms with Crippen LogP contribution in [0.15, 0.2) is 71.1 Å². The minimum atomic E-state index is -4.16. The predicted octanol–water partition coefficient (Wildman–Crippen LogP) is 5.92. The first kappa shape index (κ1) is 24.3. The summed E-state index contributed by atoms with van der Waals surface area (Å²) in [5.74, 6) is -0.858. The highest BCUT2D eigenvalue weighted by molar-refractivity contribution is 7.87. The third kappa shape index (κ3) is 5.74. The zero-order chi connectivity index (χ0) is 24.2. The average Bonchev–Trinajstić information content (AvgIpc) is 2.78. The molecule has 0 saturated heterocycles. The van der Waals surface area contributed by atoms with E-state index in [0.717, 1.165) is 11.1 Å². The Bertz CT molecular complexity index is 1370. The smallest absolute Gasteiger partial charge is 0.339 e. The number of aryl methyl sites for hydroxylation is 1. The van der Waals surface area contributed by atoms with E-state index in [9.17, 15) is 18.5 Å². The van der Waals surface area contributed by atoms with Crippen molar-refractivity contribution in [1.29, 1.82) is 5.26 Å². The SMILES string of the molecule is Cc1cccc(NC(=O)/C(C#N)=C/c2cc(Cl)c(OS(=O)(=O)c3ccccc3)c(Cl)c2)c1C. The number of amides is 1. The summed E-state index contributed by atoms with van der Waals surface area (Å²) < 4.78 is 30.1. The number of benzene rings is 3. The van der Waals surface area contributed by atoms with Crippen molar-refractivity contribution in [2.24, 2.45) is 0 Å². The molecule has 0 unspecified atom stereocenters. The molecule has 33 heavy (non-hydrogen) atoms. The van der Waals surface area contributed by atoms with Crippen molar-refractivity contribution in [3.05, 3.63) is 93.0 Å². The Labute approximate surface area is 202 Å². The second-order valence-electron chi connectivity index (χ2n) is 7.04. The van der Waals surface area contributed by atoms with Crippen LogP contribution in [-0.2, 0) is 14.9 Å². The van der Waals surface area contributed by atoms with Crippen LogP contribution >= 0.6 is 23.2 Å². The number of hydrogen-bond acceptors (Lipinski definition) is 5. The van der Waals surface area contributed by atoms with Crippen LogP contribution in [0.25, 0.3) is 6.08 Å². The lowest BCUT2D eigenvalue weighted by Gasteiger charge is -2.12. The molecule has 0 aliphatic carbocycles. The Kier molecular flexibility index (Phi) is 7.44. The van der Waals surface area contributed by atoms with Crippen LogP contribution in [0.1, 0.15) is 16.7 Å². The van der Waals surface area contributed by atoms with E-state index in [1.54, 1.807) is 30.3 Å². The molecule has 0 aromatic heterocycles. The third-order valence-corrected chi connectivity index (χ3v) is 6.57. The Hall–Kier alpha value is -3.31. The van der Waals surface area contributed by atoms with Gasteiger partial charge in [-0.25, -0.2) is 0 Å². The fraction of sp³-hybridized carbons (Fsp3) is 0.0833. The summed E-state index contributed by atoms with van der Waals surface area (Å²) in [4.78, 5) is 12.6. The molecule has 3 rings (SSSR count). The number of hydrogen-bond donors (Lipinski definition) is 1. The van der Waals surface area contributed by atoms with Crippen LogP contribution in [-0.4, -0.2) is 14.3 Å². The van der Waals surface area contributed by atoms with Crippen LogP contribution in [0.2, 0.25) is 10.0 Å². The largest absolute Gasteiger partial charge is 0.376 e. The molecule has 3 aromatic carbocycles. The Balaban J connectivity index is 1.88. The fourth-order valence-corrected chi connectivity index (χ4v) is 4.54. The number of rotatable bonds is 6. The van der Waals surface area contributed by atoms with Gasteiger partial charge in [0.25, 0.3) is 5.91 Å². The molecule has 1 amide bonds. The minimum Gasteiger partial charge on any atom is -0.376 e. The first-order valence-corrected chi connectivity index (χ1v) is 11.8. The van der Waals surface area contributed by atoms with Gasteiger partial charge in [-0.05, 0) is 66.9 Å². The quantitative estimate of drug-likeness (QED) is 0.257. The third-order valence-electron chi connectivity index (χ3n) is 4.77. The summed E-state index contributed by atoms with van der Waals surface area (Å²) in [7, 11) is -4.16. The van der Waals surface area contributed by atoms with Gasteiger partial charge in [0.05, 0.1) is 10.0 Å². The van der Waals surface area contributed by atoms with E-state index in [4.69, 9.17) is 27.4 Å². The molecular formula is C24H18Cl2N2O4S. The summed E-state index contributed by atoms with van der Waals surface area (Å²) in [6.07, 6.45) is 1.30. The van der Waals surface area contributed by atoms with Gasteiger partial charge < -0.3 is 9.50 Å². The molecule has 1 N–H and O–H groups in total. The van der Waals surface area contributed by atoms with Crippen molar-refractivity contribution in [3.63, 3.8) is 0 Å². The van der Waals surface area contributed by atoms with Gasteiger partial charge in [0, 0.05) is 5.69 Å². The van der Waals surface area contributed by atoms with E-state index in [0.29, 0.717) is 11.3 Å². The maximum Gasteiger partial charge on any atom is 0.339 e. The highest BCUT2D eigenvalue weighted by atomic mass is 35.5. The molecule has 6 nitrogen and oxygen atoms in total. The lowest BCUT2D eigenvalue weighted by Crippen LogP contribution is -2.14. The summed E-state index contributed by atoms with van der Waals surface area (Å²) >= 11 is 12.4. The van der Waals surface area contributed by atoms with E-state index in [1.807, 2.05) is 26.0 Å². The second-order valence-corrected chi connectivity index (χ2v) is 9.40. The molecule has 0 atom stereocenters. The van der Waals surface area contributed by atoms with Crippen LogP contribution < -0.4 is 9.50 Å². The number of anilines is 1. The molecule has 0 saturated carbocycles. The lowest BCUT2D eigenvalue weighted by molar-refractivity contribution is -0.112. The zero-order valence-electron chi connectivity index (χ0n) is 17.6. The monoisotopic (exact) mass is 500 g/mol. The molecule has 3 aromatic rings. The van der Waals surface area contributed by atoms with E-state index in [-0.39, 0.29) is 26.3 Å². The van der Waals surface area contributed by atoms with Gasteiger partial charge >= 0.3 is 10.1 Å². The molecule has 0 heterocycles. The first-order chi connectivity index (χ1) is 15.6. The van der Waals surface area contributed by atoms with Gasteiger partial charge in [0.2, 0.25) is 0 Å². The van der Waals surface area contributed by atoms with Crippen molar-refractivity contribution in [3.8, 4) is 11.8 Å². The molecule has 0 bridgehead atoms. The molecule has 0 radical (unpaired) electrons. The number of nitriles is 1. The first-order valence-electron chi connectivity index (χ1n) is 9.60. The van der Waals surface area contributed by atoms with Gasteiger partial charge in [-0.1, -0.05) is 53.5 Å². The maximum absolute atomic E-state index is 12.6. The summed E-state index contributed by atoms with van der Waals surface area (Å²) in [6, 6.07) is 17.5. The molecule has 0 fully saturated rings. The van der Waals surface area contributed by atoms with Gasteiger partial charge in [-0.2, -0.15) is 13.7 Å². The van der Waals surface area contributed by atoms with E-state index < -0.39 is 16.0 Å². The van der Waals surface area contributed by atoms with Gasteiger partial charge in [0.15, 0.2) is 5.75 Å². The van der Waals surface area contributed by atoms with Crippen molar-refractivity contribution >= 4 is 51.0 Å². The summed E-state index contributed by atoms with van der Waals surface area (Å²) in [5, 5.41) is 12.0. The highest BCUT2D eigenvalue weighted by Crippen LogP contribution is 2.36. The van der Waals surface area contributed by atoms with Crippen LogP contribution in [0.4, 0.5) is 5.69 Å². The maximum atomic E-state index is 12.6. The molecule has 168 valence electrons. The van der Waals surface area contributed by atoms with Gasteiger partial charge in [0.1, 0.15) is 16.5 Å². The van der Waals surface area contributed by atoms with E-state index >= 15 is 0 Å². The molecule has 0 aliphatic heterocycles. The zero-order valence-corrected chi connectivity index (χ0v) is 19.9. The van der Waals surface area contributed by atoms with Gasteiger partial charge in [-0.3, -0.25) is 4.79 Å². The number of nitrogens with one attached hydrogen (secondary N) is 1. The van der Waals surface area contributed by atoms with E-state index in [2.05, 4.69) is 5.32 Å². The van der Waals surface area contributed by atoms with E-state index in [1.165, 1.54) is 30.3 Å². The second kappa shape index (κ2) is 10.1. The Morgan fingerprint density at radius 3 is 2.27 bits per heavy atom. The number of carbonyl (C=O) groups is 1. The van der Waals surface area contributed by atoms with Crippen molar-refractivity contribution in [2.45, 2.75) is 18.7 Å². The standard InChI is InChI=1S/C24H18Cl2N2O4S/c1-15-7-6-10-22(16(15)2)28-24(29)18(14-27)11-17-12-20(25)23(21(26)13-17)32-33(30,31)19-8-4-3-5-9-19/h3-13H,1-2H3,(H,28,29)/b18-11+. The highest BCUT2D eigenvalue weighted by Gasteiger charge is 2.21. The summed E-state index contributed by atoms with van der Waals surface area (Å²) in [6.45, 7) is 3.78. The number of halogens is 2. The normalized spacial score (nSPS) is 11.5. The van der Waals surface area contributed by atoms with Crippen LogP contribution in [0.3, 0.4) is 0 Å². The van der Waals surface area contributed by atoms with Gasteiger partial charge in [-0.15, -0.1) is 0 Å². The number of nitrogens with zero attached hydrogens (tertiary/aromatic N) is 1. The Morgan fingerprint density at radius 1 is 1.03 bits per heavy atom. The summed E-state index contributed by atoms with van der Waals surface area (Å²) in [5.41, 5.74) is 2.60. The van der Waals surface area contributed by atoms with Crippen molar-refractivity contribution in [2.75, 3.05) is 5.32 Å². The van der Waals surface area contributed by atoms with Crippen molar-refractivity contribution < 1.29 is 17.4 Å². The molecule has 9 heteroatoms.